The second kappa shape index (κ2) is 8.93. The standard InChI is InChI=1S/C19H24N2O4S/c1-14-9-10-17(26(23,24)20-11-12-25-3)13-18(14)19(22)21-15(2)16-7-5-4-6-8-16/h4-10,13,15,20H,11-12H2,1-3H3,(H,21,22)/t15-/m1/s1. The predicted octanol–water partition coefficient (Wildman–Crippen LogP) is 2.41. The molecule has 26 heavy (non-hydrogen) atoms. The summed E-state index contributed by atoms with van der Waals surface area (Å²) in [4.78, 5) is 12.7. The van der Waals surface area contributed by atoms with Gasteiger partial charge in [-0.25, -0.2) is 13.1 Å². The predicted molar refractivity (Wildman–Crippen MR) is 101 cm³/mol. The summed E-state index contributed by atoms with van der Waals surface area (Å²) in [6, 6.07) is 13.9. The average molecular weight is 376 g/mol. The van der Waals surface area contributed by atoms with Crippen molar-refractivity contribution in [2.24, 2.45) is 0 Å². The van der Waals surface area contributed by atoms with Crippen LogP contribution in [-0.2, 0) is 14.8 Å². The van der Waals surface area contributed by atoms with E-state index in [-0.39, 0.29) is 30.0 Å². The number of amides is 1. The van der Waals surface area contributed by atoms with Crippen molar-refractivity contribution in [2.75, 3.05) is 20.3 Å². The lowest BCUT2D eigenvalue weighted by molar-refractivity contribution is 0.0939. The van der Waals surface area contributed by atoms with Gasteiger partial charge in [-0.05, 0) is 37.1 Å². The van der Waals surface area contributed by atoms with Crippen molar-refractivity contribution >= 4 is 15.9 Å². The van der Waals surface area contributed by atoms with E-state index in [9.17, 15) is 13.2 Å². The van der Waals surface area contributed by atoms with E-state index in [1.165, 1.54) is 19.2 Å². The lowest BCUT2D eigenvalue weighted by atomic mass is 10.1. The topological polar surface area (TPSA) is 84.5 Å². The molecule has 140 valence electrons. The lowest BCUT2D eigenvalue weighted by Gasteiger charge is -2.16. The van der Waals surface area contributed by atoms with Gasteiger partial charge in [-0.3, -0.25) is 4.79 Å². The normalized spacial score (nSPS) is 12.6. The van der Waals surface area contributed by atoms with Gasteiger partial charge in [-0.2, -0.15) is 0 Å². The number of nitrogens with one attached hydrogen (secondary N) is 2. The van der Waals surface area contributed by atoms with Crippen LogP contribution in [0.25, 0.3) is 0 Å². The fourth-order valence-electron chi connectivity index (χ4n) is 2.47. The summed E-state index contributed by atoms with van der Waals surface area (Å²) in [6.07, 6.45) is 0. The van der Waals surface area contributed by atoms with Gasteiger partial charge in [0.2, 0.25) is 10.0 Å². The van der Waals surface area contributed by atoms with Crippen molar-refractivity contribution in [1.82, 2.24) is 10.0 Å². The van der Waals surface area contributed by atoms with Crippen molar-refractivity contribution in [2.45, 2.75) is 24.8 Å². The molecule has 2 aromatic carbocycles. The molecule has 0 aromatic heterocycles. The molecule has 0 bridgehead atoms. The van der Waals surface area contributed by atoms with Crippen LogP contribution < -0.4 is 10.0 Å². The number of methoxy groups -OCH3 is 1. The third kappa shape index (κ3) is 5.14. The van der Waals surface area contributed by atoms with Crippen LogP contribution in [0.2, 0.25) is 0 Å². The van der Waals surface area contributed by atoms with Gasteiger partial charge in [0, 0.05) is 19.2 Å². The van der Waals surface area contributed by atoms with E-state index in [2.05, 4.69) is 10.0 Å². The average Bonchev–Trinajstić information content (AvgIpc) is 2.62. The summed E-state index contributed by atoms with van der Waals surface area (Å²) < 4.78 is 32.0. The molecule has 0 spiro atoms. The number of aryl methyl sites for hydroxylation is 1. The first-order valence-corrected chi connectivity index (χ1v) is 9.78. The van der Waals surface area contributed by atoms with Crippen LogP contribution in [0.4, 0.5) is 0 Å². The molecule has 1 atom stereocenters. The van der Waals surface area contributed by atoms with Gasteiger partial charge in [0.05, 0.1) is 17.5 Å². The van der Waals surface area contributed by atoms with Crippen molar-refractivity contribution in [1.29, 1.82) is 0 Å². The second-order valence-electron chi connectivity index (χ2n) is 5.97. The molecule has 2 aromatic rings. The Balaban J connectivity index is 2.19. The summed E-state index contributed by atoms with van der Waals surface area (Å²) in [5.41, 5.74) is 2.02. The first-order valence-electron chi connectivity index (χ1n) is 8.30. The first-order chi connectivity index (χ1) is 12.3. The number of ether oxygens (including phenoxy) is 1. The van der Waals surface area contributed by atoms with E-state index in [1.54, 1.807) is 13.0 Å². The maximum Gasteiger partial charge on any atom is 0.252 e. The third-order valence-corrected chi connectivity index (χ3v) is 5.47. The quantitative estimate of drug-likeness (QED) is 0.693. The summed E-state index contributed by atoms with van der Waals surface area (Å²) in [6.45, 7) is 4.10. The second-order valence-corrected chi connectivity index (χ2v) is 7.74. The minimum absolute atomic E-state index is 0.0525. The summed E-state index contributed by atoms with van der Waals surface area (Å²) in [5.74, 6) is -0.312. The summed E-state index contributed by atoms with van der Waals surface area (Å²) in [7, 11) is -2.20. The van der Waals surface area contributed by atoms with Crippen LogP contribution in [0.15, 0.2) is 53.4 Å². The Morgan fingerprint density at radius 2 is 1.85 bits per heavy atom. The Kier molecular flexibility index (Phi) is 6.90. The molecule has 0 saturated heterocycles. The molecule has 0 unspecified atom stereocenters. The van der Waals surface area contributed by atoms with Crippen LogP contribution >= 0.6 is 0 Å². The Bertz CT molecular complexity index is 851. The van der Waals surface area contributed by atoms with Gasteiger partial charge in [-0.15, -0.1) is 0 Å². The number of hydrogen-bond acceptors (Lipinski definition) is 4. The maximum absolute atomic E-state index is 12.6. The van der Waals surface area contributed by atoms with Crippen molar-refractivity contribution in [3.05, 3.63) is 65.2 Å². The van der Waals surface area contributed by atoms with Crippen molar-refractivity contribution in [3.63, 3.8) is 0 Å². The molecule has 2 rings (SSSR count). The number of carbonyl (C=O) groups excluding carboxylic acids is 1. The molecule has 0 heterocycles. The molecule has 6 nitrogen and oxygen atoms in total. The van der Waals surface area contributed by atoms with Crippen LogP contribution in [0, 0.1) is 6.92 Å². The highest BCUT2D eigenvalue weighted by atomic mass is 32.2. The van der Waals surface area contributed by atoms with E-state index in [0.29, 0.717) is 11.1 Å². The van der Waals surface area contributed by atoms with E-state index in [0.717, 1.165) is 5.56 Å². The van der Waals surface area contributed by atoms with Gasteiger partial charge in [-0.1, -0.05) is 36.4 Å². The van der Waals surface area contributed by atoms with Gasteiger partial charge in [0.25, 0.3) is 5.91 Å². The number of sulfonamides is 1. The van der Waals surface area contributed by atoms with Crippen LogP contribution in [0.3, 0.4) is 0 Å². The zero-order chi connectivity index (χ0) is 19.2. The highest BCUT2D eigenvalue weighted by Crippen LogP contribution is 2.18. The molecular weight excluding hydrogens is 352 g/mol. The van der Waals surface area contributed by atoms with Gasteiger partial charge in [0.1, 0.15) is 0 Å². The molecule has 0 fully saturated rings. The van der Waals surface area contributed by atoms with Gasteiger partial charge >= 0.3 is 0 Å². The molecular formula is C19H24N2O4S. The monoisotopic (exact) mass is 376 g/mol. The van der Waals surface area contributed by atoms with E-state index in [4.69, 9.17) is 4.74 Å². The highest BCUT2D eigenvalue weighted by Gasteiger charge is 2.19. The number of rotatable bonds is 8. The molecule has 0 saturated carbocycles. The highest BCUT2D eigenvalue weighted by molar-refractivity contribution is 7.89. The molecule has 2 N–H and O–H groups in total. The van der Waals surface area contributed by atoms with Gasteiger partial charge in [0.15, 0.2) is 0 Å². The minimum atomic E-state index is -3.70. The van der Waals surface area contributed by atoms with E-state index < -0.39 is 10.0 Å². The fraction of sp³-hybridized carbons (Fsp3) is 0.316. The molecule has 0 aliphatic rings. The SMILES string of the molecule is COCCNS(=O)(=O)c1ccc(C)c(C(=O)N[C@H](C)c2ccccc2)c1. The Hall–Kier alpha value is -2.22. The first kappa shape index (κ1) is 20.1. The summed E-state index contributed by atoms with van der Waals surface area (Å²) >= 11 is 0. The smallest absolute Gasteiger partial charge is 0.252 e. The number of carbonyl (C=O) groups is 1. The Morgan fingerprint density at radius 3 is 2.50 bits per heavy atom. The van der Waals surface area contributed by atoms with Crippen LogP contribution in [0.5, 0.6) is 0 Å². The van der Waals surface area contributed by atoms with E-state index >= 15 is 0 Å². The molecule has 7 heteroatoms. The van der Waals surface area contributed by atoms with Crippen LogP contribution in [-0.4, -0.2) is 34.6 Å². The minimum Gasteiger partial charge on any atom is -0.383 e. The molecule has 0 radical (unpaired) electrons. The zero-order valence-corrected chi connectivity index (χ0v) is 16.0. The van der Waals surface area contributed by atoms with Crippen molar-refractivity contribution < 1.29 is 17.9 Å². The van der Waals surface area contributed by atoms with Crippen molar-refractivity contribution in [3.8, 4) is 0 Å². The lowest BCUT2D eigenvalue weighted by Crippen LogP contribution is -2.29. The molecule has 0 aliphatic heterocycles. The molecule has 1 amide bonds. The zero-order valence-electron chi connectivity index (χ0n) is 15.2. The largest absolute Gasteiger partial charge is 0.383 e. The third-order valence-electron chi connectivity index (χ3n) is 4.01. The molecule has 0 aliphatic carbocycles. The number of hydrogen-bond donors (Lipinski definition) is 2. The Labute approximate surface area is 154 Å². The fourth-order valence-corrected chi connectivity index (χ4v) is 3.51. The van der Waals surface area contributed by atoms with E-state index in [1.807, 2.05) is 37.3 Å². The summed E-state index contributed by atoms with van der Waals surface area (Å²) in [5, 5.41) is 2.91. The van der Waals surface area contributed by atoms with Gasteiger partial charge < -0.3 is 10.1 Å². The number of benzene rings is 2. The Morgan fingerprint density at radius 1 is 1.15 bits per heavy atom. The maximum atomic E-state index is 12.6. The van der Waals surface area contributed by atoms with Crippen LogP contribution in [0.1, 0.15) is 34.5 Å².